The van der Waals surface area contributed by atoms with Crippen LogP contribution < -0.4 is 9.47 Å². The monoisotopic (exact) mass is 1260 g/mol. The van der Waals surface area contributed by atoms with Crippen molar-refractivity contribution in [3.05, 3.63) is 178 Å². The Morgan fingerprint density at radius 1 is 0.333 bits per heavy atom. The molecule has 0 spiro atoms. The van der Waals surface area contributed by atoms with Crippen molar-refractivity contribution in [2.24, 2.45) is 10.8 Å². The first kappa shape index (κ1) is 68.1. The highest BCUT2D eigenvalue weighted by Gasteiger charge is 2.35. The summed E-state index contributed by atoms with van der Waals surface area (Å²) in [4.78, 5) is 0. The maximum absolute atomic E-state index is 16.7. The molecular weight excluding hydrogens is 1160 g/mol. The van der Waals surface area contributed by atoms with E-state index in [1.807, 2.05) is 24.3 Å². The Labute approximate surface area is 550 Å². The largest absolute Gasteiger partial charge is 0.505 e. The third-order valence-corrected chi connectivity index (χ3v) is 18.5. The number of nitrogens with zero attached hydrogens (tertiary/aromatic N) is 2. The maximum atomic E-state index is 16.7. The second kappa shape index (κ2) is 23.6. The van der Waals surface area contributed by atoms with E-state index in [1.165, 1.54) is 12.1 Å². The van der Waals surface area contributed by atoms with Crippen LogP contribution in [-0.4, -0.2) is 32.6 Å². The van der Waals surface area contributed by atoms with Gasteiger partial charge in [-0.05, 0) is 174 Å². The zero-order valence-electron chi connectivity index (χ0n) is 59.2. The zero-order valence-corrected chi connectivity index (χ0v) is 59.2. The van der Waals surface area contributed by atoms with Gasteiger partial charge in [0, 0.05) is 62.4 Å². The van der Waals surface area contributed by atoms with E-state index in [-0.39, 0.29) is 97.4 Å². The summed E-state index contributed by atoms with van der Waals surface area (Å²) in [5.74, 6) is -4.64. The average Bonchev–Trinajstić information content (AvgIpc) is 1.62. The number of ether oxygens (including phenoxy) is 2. The predicted molar refractivity (Wildman–Crippen MR) is 380 cm³/mol. The molecule has 0 aliphatic carbocycles. The fourth-order valence-corrected chi connectivity index (χ4v) is 14.3. The summed E-state index contributed by atoms with van der Waals surface area (Å²) in [7, 11) is 0. The van der Waals surface area contributed by atoms with Crippen LogP contribution in [0.3, 0.4) is 0 Å². The van der Waals surface area contributed by atoms with Gasteiger partial charge in [-0.3, -0.25) is 0 Å². The summed E-state index contributed by atoms with van der Waals surface area (Å²) >= 11 is 0. The van der Waals surface area contributed by atoms with Gasteiger partial charge in [-0.2, -0.15) is 0 Å². The summed E-state index contributed by atoms with van der Waals surface area (Å²) in [5, 5.41) is 30.0. The van der Waals surface area contributed by atoms with Crippen molar-refractivity contribution < 1.29 is 37.2 Å². The van der Waals surface area contributed by atoms with Crippen LogP contribution in [0.4, 0.5) is 17.6 Å². The Morgan fingerprint density at radius 2 is 0.613 bits per heavy atom. The molecule has 0 unspecified atom stereocenters. The molecule has 2 N–H and O–H groups in total. The third kappa shape index (κ3) is 13.7. The minimum absolute atomic E-state index is 0.00586. The van der Waals surface area contributed by atoms with Crippen LogP contribution in [0.2, 0.25) is 0 Å². The third-order valence-electron chi connectivity index (χ3n) is 18.5. The molecule has 2 aromatic heterocycles. The van der Waals surface area contributed by atoms with Crippen LogP contribution >= 0.6 is 0 Å². The van der Waals surface area contributed by atoms with E-state index in [1.54, 1.807) is 0 Å². The Morgan fingerprint density at radius 3 is 0.871 bits per heavy atom. The lowest BCUT2D eigenvalue weighted by atomic mass is 9.71. The molecule has 93 heavy (non-hydrogen) atoms. The van der Waals surface area contributed by atoms with Crippen molar-refractivity contribution in [2.45, 2.75) is 204 Å². The fraction of sp³-hybridized carbons (Fsp3) is 0.422. The van der Waals surface area contributed by atoms with Gasteiger partial charge in [-0.15, -0.1) is 0 Å². The van der Waals surface area contributed by atoms with E-state index in [4.69, 9.17) is 9.47 Å². The zero-order chi connectivity index (χ0) is 68.4. The summed E-state index contributed by atoms with van der Waals surface area (Å²) in [6.07, 6.45) is 1.52. The molecule has 0 fully saturated rings. The molecule has 0 aliphatic rings. The lowest BCUT2D eigenvalue weighted by molar-refractivity contribution is 0.236. The molecule has 0 atom stereocenters. The highest BCUT2D eigenvalue weighted by molar-refractivity contribution is 6.11. The van der Waals surface area contributed by atoms with Crippen molar-refractivity contribution in [3.63, 3.8) is 0 Å². The second-order valence-electron chi connectivity index (χ2n) is 34.2. The van der Waals surface area contributed by atoms with Gasteiger partial charge in [0.2, 0.25) is 0 Å². The highest BCUT2D eigenvalue weighted by atomic mass is 19.1. The number of fused-ring (bicyclic) bond motifs is 6. The first-order valence-electron chi connectivity index (χ1n) is 33.0. The molecule has 0 saturated carbocycles. The Hall–Kier alpha value is -7.72. The number of phenols is 2. The number of benzene rings is 8. The Balaban J connectivity index is 1.06. The van der Waals surface area contributed by atoms with Gasteiger partial charge in [0.05, 0.1) is 46.7 Å². The van der Waals surface area contributed by atoms with Crippen LogP contribution in [0.1, 0.15) is 205 Å². The lowest BCUT2D eigenvalue weighted by Crippen LogP contribution is -2.25. The van der Waals surface area contributed by atoms with E-state index in [0.29, 0.717) is 11.4 Å². The molecule has 0 saturated heterocycles. The van der Waals surface area contributed by atoms with E-state index < -0.39 is 34.1 Å². The van der Waals surface area contributed by atoms with E-state index in [2.05, 4.69) is 234 Å². The van der Waals surface area contributed by atoms with Crippen LogP contribution in [0.15, 0.2) is 121 Å². The van der Waals surface area contributed by atoms with Crippen molar-refractivity contribution >= 4 is 43.6 Å². The summed E-state index contributed by atoms with van der Waals surface area (Å²) in [6.45, 7) is 47.5. The standard InChI is InChI=1S/C83H98F4N2O4/c1-76(2,3)46-82(19,20)52-38-60(72(90)70(40-52)88-66-28-24-48(78(7,8)9)34-56(66)57-35-49(79(10,11)12)25-29-67(57)88)62-42-54(84)44-64(86)74(62)92-32-23-33-93-75-63(43-55(85)45-65(75)87)61-39-53(83(21,22)47-77(4,5)6)41-71(73(61)91)89-68-30-26-50(80(13,14)15)36-58(68)59-37-51(81(16,17)18)27-31-69(59)89/h24-31,34-45,90-91H,23,32-33,46-47H2,1-22H3. The van der Waals surface area contributed by atoms with Crippen molar-refractivity contribution in [2.75, 3.05) is 13.2 Å². The quantitative estimate of drug-likeness (QED) is 0.0841. The SMILES string of the molecule is CC(C)(C)CC(C)(C)c1cc(-c2cc(F)cc(F)c2OCCCOc2c(F)cc(F)cc2-c2cc(C(C)(C)CC(C)(C)C)cc(-n3c4ccc(C(C)(C)C)cc4c4cc(C(C)(C)C)ccc43)c2O)c(O)c(-n2c3ccc(C(C)(C)C)cc3c3cc(C(C)(C)C)ccc32)c1. The lowest BCUT2D eigenvalue weighted by Gasteiger charge is -2.34. The molecule has 0 amide bonds. The van der Waals surface area contributed by atoms with Crippen LogP contribution in [0.5, 0.6) is 23.0 Å². The molecule has 10 rings (SSSR count). The molecule has 8 aromatic carbocycles. The number of phenolic OH excluding ortho intramolecular Hbond substituents is 2. The van der Waals surface area contributed by atoms with Crippen LogP contribution in [0, 0.1) is 34.1 Å². The molecule has 0 radical (unpaired) electrons. The van der Waals surface area contributed by atoms with Gasteiger partial charge in [0.15, 0.2) is 23.1 Å². The number of halogens is 4. The van der Waals surface area contributed by atoms with Gasteiger partial charge in [0.1, 0.15) is 23.1 Å². The highest BCUT2D eigenvalue weighted by Crippen LogP contribution is 2.51. The van der Waals surface area contributed by atoms with Crippen LogP contribution in [0.25, 0.3) is 77.2 Å². The van der Waals surface area contributed by atoms with Crippen molar-refractivity contribution in [3.8, 4) is 56.6 Å². The molecule has 492 valence electrons. The topological polar surface area (TPSA) is 68.8 Å². The second-order valence-corrected chi connectivity index (χ2v) is 34.2. The number of aromatic nitrogens is 2. The summed E-state index contributed by atoms with van der Waals surface area (Å²) in [5.41, 5.74) is 9.10. The van der Waals surface area contributed by atoms with E-state index in [0.717, 1.165) is 102 Å². The molecule has 6 nitrogen and oxygen atoms in total. The van der Waals surface area contributed by atoms with Gasteiger partial charge in [0.25, 0.3) is 0 Å². The Kier molecular flexibility index (Phi) is 17.3. The Bertz CT molecular complexity index is 4120. The molecular formula is C83H98F4N2O4. The van der Waals surface area contributed by atoms with Crippen LogP contribution in [-0.2, 0) is 32.5 Å². The van der Waals surface area contributed by atoms with Gasteiger partial charge < -0.3 is 28.8 Å². The fourth-order valence-electron chi connectivity index (χ4n) is 14.3. The molecule has 0 bridgehead atoms. The maximum Gasteiger partial charge on any atom is 0.168 e. The number of hydrogen-bond donors (Lipinski definition) is 2. The predicted octanol–water partition coefficient (Wildman–Crippen LogP) is 23.6. The van der Waals surface area contributed by atoms with Crippen molar-refractivity contribution in [1.29, 1.82) is 0 Å². The van der Waals surface area contributed by atoms with Crippen molar-refractivity contribution in [1.82, 2.24) is 9.13 Å². The summed E-state index contributed by atoms with van der Waals surface area (Å²) in [6, 6.07) is 37.4. The molecule has 10 heteroatoms. The minimum atomic E-state index is -0.979. The van der Waals surface area contributed by atoms with E-state index >= 15 is 17.6 Å². The number of aromatic hydroxyl groups is 2. The first-order chi connectivity index (χ1) is 42.8. The summed E-state index contributed by atoms with van der Waals surface area (Å²) < 4.78 is 82.3. The average molecular weight is 1260 g/mol. The van der Waals surface area contributed by atoms with Gasteiger partial charge in [-0.1, -0.05) is 177 Å². The smallest absolute Gasteiger partial charge is 0.168 e. The van der Waals surface area contributed by atoms with Gasteiger partial charge in [-0.25, -0.2) is 17.6 Å². The molecule has 2 heterocycles. The molecule has 0 aliphatic heterocycles. The molecule has 10 aromatic rings. The van der Waals surface area contributed by atoms with Gasteiger partial charge >= 0.3 is 0 Å². The first-order valence-corrected chi connectivity index (χ1v) is 33.0. The normalized spacial score (nSPS) is 13.4. The number of rotatable bonds is 14. The number of hydrogen-bond acceptors (Lipinski definition) is 4. The minimum Gasteiger partial charge on any atom is -0.505 e. The van der Waals surface area contributed by atoms with E-state index in [9.17, 15) is 10.2 Å².